The quantitative estimate of drug-likeness (QED) is 0.775. The SMILES string of the molecule is Cn1nc(-c2ccc3c(c2)COC3)nc1N. The van der Waals surface area contributed by atoms with Crippen molar-refractivity contribution in [3.63, 3.8) is 0 Å². The summed E-state index contributed by atoms with van der Waals surface area (Å²) in [4.78, 5) is 4.19. The second-order valence-corrected chi connectivity index (χ2v) is 3.89. The van der Waals surface area contributed by atoms with E-state index in [4.69, 9.17) is 10.5 Å². The molecule has 2 aromatic rings. The van der Waals surface area contributed by atoms with Crippen LogP contribution < -0.4 is 5.73 Å². The Bertz CT molecular complexity index is 527. The van der Waals surface area contributed by atoms with Crippen LogP contribution in [-0.4, -0.2) is 14.8 Å². The maximum Gasteiger partial charge on any atom is 0.218 e. The van der Waals surface area contributed by atoms with Crippen molar-refractivity contribution in [3.05, 3.63) is 29.3 Å². The van der Waals surface area contributed by atoms with Crippen LogP contribution in [0.25, 0.3) is 11.4 Å². The average Bonchev–Trinajstić information content (AvgIpc) is 2.85. The van der Waals surface area contributed by atoms with Crippen molar-refractivity contribution in [2.45, 2.75) is 13.2 Å². The van der Waals surface area contributed by atoms with E-state index in [0.717, 1.165) is 5.56 Å². The van der Waals surface area contributed by atoms with E-state index >= 15 is 0 Å². The minimum atomic E-state index is 0.423. The maximum atomic E-state index is 5.66. The Balaban J connectivity index is 2.07. The third-order valence-electron chi connectivity index (χ3n) is 2.78. The second kappa shape index (κ2) is 3.31. The van der Waals surface area contributed by atoms with Gasteiger partial charge in [-0.05, 0) is 17.2 Å². The minimum absolute atomic E-state index is 0.423. The fraction of sp³-hybridized carbons (Fsp3) is 0.273. The van der Waals surface area contributed by atoms with Crippen LogP contribution in [0.3, 0.4) is 0 Å². The minimum Gasteiger partial charge on any atom is -0.372 e. The van der Waals surface area contributed by atoms with Crippen LogP contribution in [-0.2, 0) is 25.0 Å². The van der Waals surface area contributed by atoms with E-state index < -0.39 is 0 Å². The van der Waals surface area contributed by atoms with Crippen molar-refractivity contribution < 1.29 is 4.74 Å². The lowest BCUT2D eigenvalue weighted by Gasteiger charge is -1.99. The highest BCUT2D eigenvalue weighted by Crippen LogP contribution is 2.25. The van der Waals surface area contributed by atoms with Gasteiger partial charge in [0.15, 0.2) is 5.82 Å². The van der Waals surface area contributed by atoms with Crippen molar-refractivity contribution in [2.75, 3.05) is 5.73 Å². The largest absolute Gasteiger partial charge is 0.372 e. The molecule has 5 nitrogen and oxygen atoms in total. The van der Waals surface area contributed by atoms with Gasteiger partial charge >= 0.3 is 0 Å². The molecule has 0 saturated carbocycles. The van der Waals surface area contributed by atoms with Crippen molar-refractivity contribution in [1.82, 2.24) is 14.8 Å². The van der Waals surface area contributed by atoms with Crippen LogP contribution in [0, 0.1) is 0 Å². The van der Waals surface area contributed by atoms with E-state index in [2.05, 4.69) is 22.2 Å². The molecule has 16 heavy (non-hydrogen) atoms. The molecule has 0 radical (unpaired) electrons. The number of hydrogen-bond donors (Lipinski definition) is 1. The molecule has 0 aliphatic carbocycles. The van der Waals surface area contributed by atoms with Gasteiger partial charge in [-0.25, -0.2) is 4.68 Å². The number of hydrogen-bond acceptors (Lipinski definition) is 4. The summed E-state index contributed by atoms with van der Waals surface area (Å²) in [7, 11) is 1.78. The number of rotatable bonds is 1. The van der Waals surface area contributed by atoms with Crippen molar-refractivity contribution >= 4 is 5.95 Å². The predicted octanol–water partition coefficient (Wildman–Crippen LogP) is 1.09. The van der Waals surface area contributed by atoms with Crippen molar-refractivity contribution in [2.24, 2.45) is 7.05 Å². The number of nitrogens with two attached hydrogens (primary N) is 1. The van der Waals surface area contributed by atoms with Gasteiger partial charge in [0, 0.05) is 12.6 Å². The van der Waals surface area contributed by atoms with E-state index in [0.29, 0.717) is 25.0 Å². The summed E-state index contributed by atoms with van der Waals surface area (Å²) in [5.41, 5.74) is 9.09. The molecule has 0 amide bonds. The Kier molecular flexibility index (Phi) is 1.94. The van der Waals surface area contributed by atoms with Gasteiger partial charge in [-0.1, -0.05) is 12.1 Å². The number of aryl methyl sites for hydroxylation is 1. The fourth-order valence-electron chi connectivity index (χ4n) is 1.83. The Labute approximate surface area is 92.9 Å². The van der Waals surface area contributed by atoms with E-state index in [1.807, 2.05) is 6.07 Å². The van der Waals surface area contributed by atoms with E-state index in [9.17, 15) is 0 Å². The first-order valence-corrected chi connectivity index (χ1v) is 5.10. The molecule has 0 fully saturated rings. The highest BCUT2D eigenvalue weighted by molar-refractivity contribution is 5.58. The van der Waals surface area contributed by atoms with Crippen LogP contribution in [0.2, 0.25) is 0 Å². The topological polar surface area (TPSA) is 66.0 Å². The average molecular weight is 216 g/mol. The van der Waals surface area contributed by atoms with Gasteiger partial charge in [-0.15, -0.1) is 5.10 Å². The Morgan fingerprint density at radius 1 is 1.31 bits per heavy atom. The molecule has 82 valence electrons. The van der Waals surface area contributed by atoms with Crippen LogP contribution in [0.5, 0.6) is 0 Å². The monoisotopic (exact) mass is 216 g/mol. The zero-order valence-corrected chi connectivity index (χ0v) is 8.97. The molecule has 1 aliphatic heterocycles. The molecule has 0 unspecified atom stereocenters. The van der Waals surface area contributed by atoms with Crippen molar-refractivity contribution in [1.29, 1.82) is 0 Å². The molecule has 1 aromatic carbocycles. The lowest BCUT2D eigenvalue weighted by molar-refractivity contribution is 0.134. The van der Waals surface area contributed by atoms with Gasteiger partial charge in [0.2, 0.25) is 5.95 Å². The second-order valence-electron chi connectivity index (χ2n) is 3.89. The third-order valence-corrected chi connectivity index (χ3v) is 2.78. The smallest absolute Gasteiger partial charge is 0.218 e. The molecule has 2 N–H and O–H groups in total. The summed E-state index contributed by atoms with van der Waals surface area (Å²) in [6.45, 7) is 1.37. The molecule has 1 aliphatic rings. The molecular weight excluding hydrogens is 204 g/mol. The summed E-state index contributed by atoms with van der Waals surface area (Å²) in [5, 5.41) is 4.25. The summed E-state index contributed by atoms with van der Waals surface area (Å²) >= 11 is 0. The maximum absolute atomic E-state index is 5.66. The predicted molar refractivity (Wildman–Crippen MR) is 59.3 cm³/mol. The van der Waals surface area contributed by atoms with Gasteiger partial charge in [0.05, 0.1) is 13.2 Å². The molecule has 0 bridgehead atoms. The van der Waals surface area contributed by atoms with Crippen LogP contribution >= 0.6 is 0 Å². The Morgan fingerprint density at radius 3 is 2.88 bits per heavy atom. The first-order valence-electron chi connectivity index (χ1n) is 5.10. The van der Waals surface area contributed by atoms with Crippen molar-refractivity contribution in [3.8, 4) is 11.4 Å². The lowest BCUT2D eigenvalue weighted by atomic mass is 10.1. The lowest BCUT2D eigenvalue weighted by Crippen LogP contribution is -1.97. The van der Waals surface area contributed by atoms with Gasteiger partial charge in [-0.2, -0.15) is 4.98 Å². The number of ether oxygens (including phenoxy) is 1. The standard InChI is InChI=1S/C11H12N4O/c1-15-11(12)13-10(14-15)7-2-3-8-5-16-6-9(8)4-7/h2-4H,5-6H2,1H3,(H2,12,13,14). The van der Waals surface area contributed by atoms with Gasteiger partial charge in [0.25, 0.3) is 0 Å². The Hall–Kier alpha value is -1.88. The normalized spacial score (nSPS) is 14.1. The molecule has 0 spiro atoms. The Morgan fingerprint density at radius 2 is 2.12 bits per heavy atom. The molecule has 3 rings (SSSR count). The highest BCUT2D eigenvalue weighted by Gasteiger charge is 2.14. The van der Waals surface area contributed by atoms with E-state index in [-0.39, 0.29) is 0 Å². The number of aromatic nitrogens is 3. The van der Waals surface area contributed by atoms with Crippen LogP contribution in [0.15, 0.2) is 18.2 Å². The molecule has 0 atom stereocenters. The van der Waals surface area contributed by atoms with Crippen LogP contribution in [0.1, 0.15) is 11.1 Å². The summed E-state index contributed by atoms with van der Waals surface area (Å²) in [6.07, 6.45) is 0. The van der Waals surface area contributed by atoms with Gasteiger partial charge in [-0.3, -0.25) is 0 Å². The molecule has 2 heterocycles. The highest BCUT2D eigenvalue weighted by atomic mass is 16.5. The number of nitrogens with zero attached hydrogens (tertiary/aromatic N) is 3. The number of benzene rings is 1. The van der Waals surface area contributed by atoms with Crippen LogP contribution in [0.4, 0.5) is 5.95 Å². The van der Waals surface area contributed by atoms with Gasteiger partial charge < -0.3 is 10.5 Å². The fourth-order valence-corrected chi connectivity index (χ4v) is 1.83. The van der Waals surface area contributed by atoms with E-state index in [1.165, 1.54) is 11.1 Å². The summed E-state index contributed by atoms with van der Waals surface area (Å²) in [5.74, 6) is 1.08. The number of fused-ring (bicyclic) bond motifs is 1. The van der Waals surface area contributed by atoms with Gasteiger partial charge in [0.1, 0.15) is 0 Å². The summed E-state index contributed by atoms with van der Waals surface area (Å²) < 4.78 is 6.93. The zero-order chi connectivity index (χ0) is 11.1. The number of anilines is 1. The molecule has 0 saturated heterocycles. The molecule has 1 aromatic heterocycles. The third kappa shape index (κ3) is 1.37. The van der Waals surface area contributed by atoms with E-state index in [1.54, 1.807) is 11.7 Å². The molecule has 5 heteroatoms. The molecular formula is C11H12N4O. The zero-order valence-electron chi connectivity index (χ0n) is 8.97. The first-order chi connectivity index (χ1) is 7.74. The number of nitrogen functional groups attached to an aromatic ring is 1. The summed E-state index contributed by atoms with van der Waals surface area (Å²) in [6, 6.07) is 6.13. The first kappa shape index (κ1) is 9.35.